The van der Waals surface area contributed by atoms with Crippen LogP contribution in [0.3, 0.4) is 0 Å². The van der Waals surface area contributed by atoms with Crippen LogP contribution in [0.1, 0.15) is 54.4 Å². The molecule has 3 rings (SSSR count). The predicted octanol–water partition coefficient (Wildman–Crippen LogP) is 3.35. The van der Waals surface area contributed by atoms with Crippen LogP contribution in [0.15, 0.2) is 23.3 Å². The quantitative estimate of drug-likeness (QED) is 0.318. The number of carbonyl (C=O) groups is 3. The molecule has 2 fully saturated rings. The third-order valence-corrected chi connectivity index (χ3v) is 6.80. The van der Waals surface area contributed by atoms with E-state index in [0.29, 0.717) is 12.0 Å². The lowest BCUT2D eigenvalue weighted by atomic mass is 9.76. The summed E-state index contributed by atoms with van der Waals surface area (Å²) in [4.78, 5) is 36.9. The van der Waals surface area contributed by atoms with Crippen molar-refractivity contribution in [3.63, 3.8) is 0 Å². The highest BCUT2D eigenvalue weighted by Crippen LogP contribution is 2.54. The van der Waals surface area contributed by atoms with Gasteiger partial charge in [0.1, 0.15) is 17.8 Å². The number of hydrogen-bond donors (Lipinski definition) is 0. The SMILES string of the molecule is CC=C(C)C(=O)OC1CC(C)(OC(C)=O)C2CC=C(C)C2C2OC(=O)C(C)C12. The largest absolute Gasteiger partial charge is 0.461 e. The van der Waals surface area contributed by atoms with Gasteiger partial charge in [-0.2, -0.15) is 0 Å². The molecule has 28 heavy (non-hydrogen) atoms. The van der Waals surface area contributed by atoms with E-state index in [1.807, 2.05) is 20.8 Å². The van der Waals surface area contributed by atoms with Crippen LogP contribution in [0.5, 0.6) is 0 Å². The van der Waals surface area contributed by atoms with Crippen molar-refractivity contribution in [2.75, 3.05) is 0 Å². The molecule has 3 aliphatic rings. The topological polar surface area (TPSA) is 78.9 Å². The van der Waals surface area contributed by atoms with Gasteiger partial charge in [0.15, 0.2) is 0 Å². The molecule has 6 nitrogen and oxygen atoms in total. The molecule has 1 aliphatic heterocycles. The lowest BCUT2D eigenvalue weighted by Crippen LogP contribution is -2.44. The van der Waals surface area contributed by atoms with Gasteiger partial charge >= 0.3 is 17.9 Å². The number of allylic oxidation sites excluding steroid dienone is 2. The number of ether oxygens (including phenoxy) is 3. The van der Waals surface area contributed by atoms with Crippen molar-refractivity contribution in [2.45, 2.75) is 72.2 Å². The predicted molar refractivity (Wildman–Crippen MR) is 102 cm³/mol. The van der Waals surface area contributed by atoms with Gasteiger partial charge in [-0.3, -0.25) is 9.59 Å². The van der Waals surface area contributed by atoms with Gasteiger partial charge in [-0.25, -0.2) is 4.79 Å². The summed E-state index contributed by atoms with van der Waals surface area (Å²) < 4.78 is 17.5. The molecule has 0 amide bonds. The maximum Gasteiger partial charge on any atom is 0.333 e. The van der Waals surface area contributed by atoms with E-state index in [1.54, 1.807) is 19.9 Å². The summed E-state index contributed by atoms with van der Waals surface area (Å²) in [5.41, 5.74) is 0.830. The molecule has 2 aliphatic carbocycles. The van der Waals surface area contributed by atoms with E-state index >= 15 is 0 Å². The van der Waals surface area contributed by atoms with Gasteiger partial charge in [0.2, 0.25) is 0 Å². The van der Waals surface area contributed by atoms with E-state index in [2.05, 4.69) is 6.08 Å². The second-order valence-corrected chi connectivity index (χ2v) is 8.61. The summed E-state index contributed by atoms with van der Waals surface area (Å²) >= 11 is 0. The molecule has 0 aromatic heterocycles. The minimum Gasteiger partial charge on any atom is -0.461 e. The average molecular weight is 390 g/mol. The first-order valence-electron chi connectivity index (χ1n) is 9.99. The first kappa shape index (κ1) is 20.6. The Hall–Kier alpha value is -2.11. The smallest absolute Gasteiger partial charge is 0.333 e. The Balaban J connectivity index is 2.05. The van der Waals surface area contributed by atoms with E-state index in [1.165, 1.54) is 6.92 Å². The highest BCUT2D eigenvalue weighted by atomic mass is 16.6. The summed E-state index contributed by atoms with van der Waals surface area (Å²) in [6.07, 6.45) is 3.97. The number of esters is 3. The van der Waals surface area contributed by atoms with Crippen molar-refractivity contribution >= 4 is 17.9 Å². The lowest BCUT2D eigenvalue weighted by molar-refractivity contribution is -0.170. The van der Waals surface area contributed by atoms with E-state index < -0.39 is 17.7 Å². The van der Waals surface area contributed by atoms with Crippen LogP contribution in [0.25, 0.3) is 0 Å². The molecule has 7 atom stereocenters. The number of carbonyl (C=O) groups excluding carboxylic acids is 3. The summed E-state index contributed by atoms with van der Waals surface area (Å²) in [7, 11) is 0. The molecule has 0 aromatic carbocycles. The fourth-order valence-electron chi connectivity index (χ4n) is 5.24. The van der Waals surface area contributed by atoms with Gasteiger partial charge in [0.25, 0.3) is 0 Å². The molecule has 0 spiro atoms. The van der Waals surface area contributed by atoms with Gasteiger partial charge in [0.05, 0.1) is 5.92 Å². The van der Waals surface area contributed by atoms with Gasteiger partial charge in [-0.15, -0.1) is 0 Å². The molecule has 6 heteroatoms. The molecular weight excluding hydrogens is 360 g/mol. The van der Waals surface area contributed by atoms with Gasteiger partial charge in [-0.1, -0.05) is 24.6 Å². The minimum atomic E-state index is -0.810. The zero-order chi connectivity index (χ0) is 20.8. The van der Waals surface area contributed by atoms with E-state index in [4.69, 9.17) is 14.2 Å². The highest BCUT2D eigenvalue weighted by molar-refractivity contribution is 5.87. The Kier molecular flexibility index (Phi) is 5.43. The summed E-state index contributed by atoms with van der Waals surface area (Å²) in [6, 6.07) is 0. The van der Waals surface area contributed by atoms with Crippen molar-refractivity contribution in [3.8, 4) is 0 Å². The van der Waals surface area contributed by atoms with Crippen LogP contribution in [-0.2, 0) is 28.6 Å². The normalized spacial score (nSPS) is 40.0. The Labute approximate surface area is 166 Å². The summed E-state index contributed by atoms with van der Waals surface area (Å²) in [6.45, 7) is 10.6. The second-order valence-electron chi connectivity index (χ2n) is 8.61. The molecule has 0 N–H and O–H groups in total. The van der Waals surface area contributed by atoms with E-state index in [-0.39, 0.29) is 41.7 Å². The third-order valence-electron chi connectivity index (χ3n) is 6.80. The van der Waals surface area contributed by atoms with Gasteiger partial charge < -0.3 is 14.2 Å². The number of fused-ring (bicyclic) bond motifs is 3. The second kappa shape index (κ2) is 7.37. The van der Waals surface area contributed by atoms with Crippen molar-refractivity contribution in [1.82, 2.24) is 0 Å². The molecule has 0 radical (unpaired) electrons. The van der Waals surface area contributed by atoms with Gasteiger partial charge in [-0.05, 0) is 34.1 Å². The Bertz CT molecular complexity index is 750. The maximum atomic E-state index is 12.5. The molecular formula is C22H30O6. The highest BCUT2D eigenvalue weighted by Gasteiger charge is 2.61. The first-order valence-corrected chi connectivity index (χ1v) is 9.99. The Morgan fingerprint density at radius 2 is 2.00 bits per heavy atom. The lowest BCUT2D eigenvalue weighted by Gasteiger charge is -2.38. The molecule has 0 bridgehead atoms. The van der Waals surface area contributed by atoms with Crippen LogP contribution in [0, 0.1) is 23.7 Å². The molecule has 1 heterocycles. The summed E-state index contributed by atoms with van der Waals surface area (Å²) in [5, 5.41) is 0. The van der Waals surface area contributed by atoms with Crippen molar-refractivity contribution in [3.05, 3.63) is 23.3 Å². The Morgan fingerprint density at radius 1 is 1.32 bits per heavy atom. The average Bonchev–Trinajstić information content (AvgIpc) is 3.10. The first-order chi connectivity index (χ1) is 13.1. The molecule has 154 valence electrons. The van der Waals surface area contributed by atoms with E-state index in [9.17, 15) is 14.4 Å². The third kappa shape index (κ3) is 3.38. The zero-order valence-corrected chi connectivity index (χ0v) is 17.5. The van der Waals surface area contributed by atoms with Crippen LogP contribution in [0.2, 0.25) is 0 Å². The fourth-order valence-corrected chi connectivity index (χ4v) is 5.24. The standard InChI is InChI=1S/C22H30O6/c1-7-11(2)20(24)26-16-10-22(6,28-14(5)23)15-9-8-12(3)17(15)19-18(16)13(4)21(25)27-19/h7-8,13,15-19H,9-10H2,1-6H3. The zero-order valence-electron chi connectivity index (χ0n) is 17.5. The Morgan fingerprint density at radius 3 is 2.61 bits per heavy atom. The van der Waals surface area contributed by atoms with Crippen molar-refractivity contribution in [1.29, 1.82) is 0 Å². The van der Waals surface area contributed by atoms with Crippen LogP contribution in [-0.4, -0.2) is 35.7 Å². The number of hydrogen-bond acceptors (Lipinski definition) is 6. The minimum absolute atomic E-state index is 0.0199. The van der Waals surface area contributed by atoms with Gasteiger partial charge in [0, 0.05) is 36.7 Å². The summed E-state index contributed by atoms with van der Waals surface area (Å²) in [5.74, 6) is -1.76. The van der Waals surface area contributed by atoms with Crippen LogP contribution < -0.4 is 0 Å². The van der Waals surface area contributed by atoms with Crippen LogP contribution in [0.4, 0.5) is 0 Å². The molecule has 1 saturated heterocycles. The molecule has 1 saturated carbocycles. The molecule has 7 unspecified atom stereocenters. The van der Waals surface area contributed by atoms with Crippen molar-refractivity contribution in [2.24, 2.45) is 23.7 Å². The van der Waals surface area contributed by atoms with E-state index in [0.717, 1.165) is 12.0 Å². The van der Waals surface area contributed by atoms with Crippen LogP contribution >= 0.6 is 0 Å². The monoisotopic (exact) mass is 390 g/mol. The fraction of sp³-hybridized carbons (Fsp3) is 0.682. The maximum absolute atomic E-state index is 12.5. The molecule has 0 aromatic rings. The van der Waals surface area contributed by atoms with Crippen molar-refractivity contribution < 1.29 is 28.6 Å². The number of rotatable bonds is 3.